The first-order chi connectivity index (χ1) is 15.2. The summed E-state index contributed by atoms with van der Waals surface area (Å²) >= 11 is 0. The number of nitrogens with one attached hydrogen (secondary N) is 1. The third kappa shape index (κ3) is 4.11. The van der Waals surface area contributed by atoms with E-state index in [9.17, 15) is 9.59 Å². The van der Waals surface area contributed by atoms with Crippen LogP contribution in [-0.2, 0) is 9.59 Å². The van der Waals surface area contributed by atoms with E-state index in [4.69, 9.17) is 4.74 Å². The second-order valence-corrected chi connectivity index (χ2v) is 7.67. The number of rotatable bonds is 6. The van der Waals surface area contributed by atoms with Crippen LogP contribution in [0.4, 0.5) is 11.4 Å². The van der Waals surface area contributed by atoms with Gasteiger partial charge in [0.25, 0.3) is 0 Å². The molecule has 0 spiro atoms. The first kappa shape index (κ1) is 19.2. The Kier molecular flexibility index (Phi) is 5.07. The van der Waals surface area contributed by atoms with Crippen molar-refractivity contribution in [1.29, 1.82) is 0 Å². The molecule has 0 bridgehead atoms. The van der Waals surface area contributed by atoms with Gasteiger partial charge < -0.3 is 15.0 Å². The van der Waals surface area contributed by atoms with Crippen LogP contribution in [0, 0.1) is 0 Å². The van der Waals surface area contributed by atoms with Crippen LogP contribution < -0.4 is 15.0 Å². The van der Waals surface area contributed by atoms with Crippen molar-refractivity contribution in [3.05, 3.63) is 48.5 Å². The average molecular weight is 418 g/mol. The molecule has 1 saturated carbocycles. The molecule has 2 heterocycles. The van der Waals surface area contributed by atoms with Gasteiger partial charge in [-0.15, -0.1) is 5.10 Å². The van der Waals surface area contributed by atoms with Gasteiger partial charge in [-0.05, 0) is 47.5 Å². The van der Waals surface area contributed by atoms with Gasteiger partial charge in [-0.1, -0.05) is 24.3 Å². The molecule has 0 atom stereocenters. The fourth-order valence-corrected chi connectivity index (χ4v) is 3.69. The van der Waals surface area contributed by atoms with E-state index in [1.54, 1.807) is 4.90 Å². The predicted octanol–water partition coefficient (Wildman–Crippen LogP) is 2.82. The molecule has 0 radical (unpaired) electrons. The molecule has 9 heteroatoms. The van der Waals surface area contributed by atoms with Crippen molar-refractivity contribution in [1.82, 2.24) is 20.2 Å². The van der Waals surface area contributed by atoms with Gasteiger partial charge in [0, 0.05) is 24.1 Å². The van der Waals surface area contributed by atoms with Crippen molar-refractivity contribution >= 4 is 23.2 Å². The lowest BCUT2D eigenvalue weighted by atomic mass is 10.1. The van der Waals surface area contributed by atoms with Crippen molar-refractivity contribution in [2.75, 3.05) is 23.4 Å². The lowest BCUT2D eigenvalue weighted by Crippen LogP contribution is -2.38. The Morgan fingerprint density at radius 2 is 1.97 bits per heavy atom. The number of para-hydroxylation sites is 2. The summed E-state index contributed by atoms with van der Waals surface area (Å²) in [5.41, 5.74) is 2.24. The van der Waals surface area contributed by atoms with Crippen LogP contribution >= 0.6 is 0 Å². The van der Waals surface area contributed by atoms with Gasteiger partial charge in [0.2, 0.25) is 11.8 Å². The van der Waals surface area contributed by atoms with Gasteiger partial charge >= 0.3 is 0 Å². The molecule has 0 unspecified atom stereocenters. The number of hydrogen-bond donors (Lipinski definition) is 1. The summed E-state index contributed by atoms with van der Waals surface area (Å²) in [7, 11) is 0. The number of fused-ring (bicyclic) bond motifs is 1. The van der Waals surface area contributed by atoms with Crippen molar-refractivity contribution in [2.24, 2.45) is 0 Å². The molecule has 5 rings (SSSR count). The summed E-state index contributed by atoms with van der Waals surface area (Å²) in [6.45, 7) is 0.928. The largest absolute Gasteiger partial charge is 0.490 e. The predicted molar refractivity (Wildman–Crippen MR) is 114 cm³/mol. The monoisotopic (exact) mass is 418 g/mol. The molecule has 2 aliphatic rings. The Morgan fingerprint density at radius 3 is 2.84 bits per heavy atom. The Morgan fingerprint density at radius 1 is 1.10 bits per heavy atom. The lowest BCUT2D eigenvalue weighted by Gasteiger charge is -2.29. The molecule has 1 aromatic heterocycles. The van der Waals surface area contributed by atoms with E-state index in [0.717, 1.165) is 24.1 Å². The van der Waals surface area contributed by atoms with Gasteiger partial charge in [0.15, 0.2) is 5.82 Å². The van der Waals surface area contributed by atoms with Gasteiger partial charge in [0.05, 0.1) is 18.3 Å². The van der Waals surface area contributed by atoms with Crippen molar-refractivity contribution < 1.29 is 14.3 Å². The van der Waals surface area contributed by atoms with Gasteiger partial charge in [-0.2, -0.15) is 0 Å². The molecule has 9 nitrogen and oxygen atoms in total. The van der Waals surface area contributed by atoms with E-state index < -0.39 is 0 Å². The van der Waals surface area contributed by atoms with E-state index in [1.807, 2.05) is 53.2 Å². The van der Waals surface area contributed by atoms with E-state index in [1.165, 1.54) is 0 Å². The SMILES string of the molecule is O=C(CCC(=O)N1CCOc2ccccc21)Nc1cccc(-c2nnnn2C2CC2)c1. The molecular weight excluding hydrogens is 396 g/mol. The maximum absolute atomic E-state index is 12.7. The molecule has 31 heavy (non-hydrogen) atoms. The van der Waals surface area contributed by atoms with Crippen LogP contribution in [-0.4, -0.2) is 45.2 Å². The number of carbonyl (C=O) groups is 2. The number of amides is 2. The number of hydrogen-bond acceptors (Lipinski definition) is 6. The number of anilines is 2. The van der Waals surface area contributed by atoms with E-state index in [-0.39, 0.29) is 24.7 Å². The highest BCUT2D eigenvalue weighted by molar-refractivity contribution is 5.99. The molecule has 158 valence electrons. The minimum atomic E-state index is -0.214. The van der Waals surface area contributed by atoms with Crippen LogP contribution in [0.3, 0.4) is 0 Å². The minimum Gasteiger partial charge on any atom is -0.490 e. The number of tetrazole rings is 1. The first-order valence-corrected chi connectivity index (χ1v) is 10.4. The normalized spacial score (nSPS) is 15.2. The highest BCUT2D eigenvalue weighted by atomic mass is 16.5. The van der Waals surface area contributed by atoms with Crippen LogP contribution in [0.25, 0.3) is 11.4 Å². The molecule has 0 saturated heterocycles. The number of carbonyl (C=O) groups excluding carboxylic acids is 2. The number of nitrogens with zero attached hydrogens (tertiary/aromatic N) is 5. The molecule has 1 aliphatic heterocycles. The van der Waals surface area contributed by atoms with Crippen LogP contribution in [0.15, 0.2) is 48.5 Å². The van der Waals surface area contributed by atoms with Gasteiger partial charge in [-0.25, -0.2) is 4.68 Å². The lowest BCUT2D eigenvalue weighted by molar-refractivity contribution is -0.122. The maximum atomic E-state index is 12.7. The smallest absolute Gasteiger partial charge is 0.227 e. The van der Waals surface area contributed by atoms with Crippen molar-refractivity contribution in [3.8, 4) is 17.1 Å². The fraction of sp³-hybridized carbons (Fsp3) is 0.318. The summed E-state index contributed by atoms with van der Waals surface area (Å²) in [6, 6.07) is 15.2. The molecule has 3 aromatic rings. The Hall–Kier alpha value is -3.75. The van der Waals surface area contributed by atoms with E-state index >= 15 is 0 Å². The Bertz CT molecular complexity index is 1120. The highest BCUT2D eigenvalue weighted by Crippen LogP contribution is 2.37. The second kappa shape index (κ2) is 8.17. The average Bonchev–Trinajstić information content (AvgIpc) is 3.53. The van der Waals surface area contributed by atoms with Crippen molar-refractivity contribution in [2.45, 2.75) is 31.7 Å². The summed E-state index contributed by atoms with van der Waals surface area (Å²) < 4.78 is 7.42. The highest BCUT2D eigenvalue weighted by Gasteiger charge is 2.28. The molecule has 1 fully saturated rings. The van der Waals surface area contributed by atoms with E-state index in [0.29, 0.717) is 36.5 Å². The number of aromatic nitrogens is 4. The second-order valence-electron chi connectivity index (χ2n) is 7.67. The summed E-state index contributed by atoms with van der Waals surface area (Å²) in [4.78, 5) is 26.9. The minimum absolute atomic E-state index is 0.0942. The van der Waals surface area contributed by atoms with Crippen LogP contribution in [0.1, 0.15) is 31.7 Å². The third-order valence-corrected chi connectivity index (χ3v) is 5.39. The molecule has 1 N–H and O–H groups in total. The standard InChI is InChI=1S/C22H22N6O3/c29-20(10-11-21(30)27-12-13-31-19-7-2-1-6-18(19)27)23-16-5-3-4-15(14-16)22-24-25-26-28(22)17-8-9-17/h1-7,14,17H,8-13H2,(H,23,29). The molecular formula is C22H22N6O3. The van der Waals surface area contributed by atoms with Gasteiger partial charge in [0.1, 0.15) is 12.4 Å². The van der Waals surface area contributed by atoms with Crippen molar-refractivity contribution in [3.63, 3.8) is 0 Å². The summed E-state index contributed by atoms with van der Waals surface area (Å²) in [5, 5.41) is 14.9. The first-order valence-electron chi connectivity index (χ1n) is 10.4. The number of ether oxygens (including phenoxy) is 1. The molecule has 2 aromatic carbocycles. The van der Waals surface area contributed by atoms with Gasteiger partial charge in [-0.3, -0.25) is 9.59 Å². The summed E-state index contributed by atoms with van der Waals surface area (Å²) in [5.74, 6) is 1.08. The zero-order valence-corrected chi connectivity index (χ0v) is 16.9. The maximum Gasteiger partial charge on any atom is 0.227 e. The van der Waals surface area contributed by atoms with E-state index in [2.05, 4.69) is 20.8 Å². The number of benzene rings is 2. The fourth-order valence-electron chi connectivity index (χ4n) is 3.69. The Labute approximate surface area is 179 Å². The zero-order valence-electron chi connectivity index (χ0n) is 16.9. The van der Waals surface area contributed by atoms with Crippen LogP contribution in [0.5, 0.6) is 5.75 Å². The Balaban J connectivity index is 1.21. The summed E-state index contributed by atoms with van der Waals surface area (Å²) in [6.07, 6.45) is 2.38. The third-order valence-electron chi connectivity index (χ3n) is 5.39. The van der Waals surface area contributed by atoms with Crippen LogP contribution in [0.2, 0.25) is 0 Å². The quantitative estimate of drug-likeness (QED) is 0.660. The topological polar surface area (TPSA) is 102 Å². The molecule has 2 amide bonds. The molecule has 1 aliphatic carbocycles. The zero-order chi connectivity index (χ0) is 21.2.